The summed E-state index contributed by atoms with van der Waals surface area (Å²) in [6.45, 7) is 3.27. The van der Waals surface area contributed by atoms with Gasteiger partial charge < -0.3 is 4.57 Å². The van der Waals surface area contributed by atoms with Gasteiger partial charge in [-0.25, -0.2) is 13.1 Å². The van der Waals surface area contributed by atoms with Gasteiger partial charge in [-0.05, 0) is 37.3 Å². The minimum Gasteiger partial charge on any atom is -0.303 e. The Balaban J connectivity index is 1.86. The zero-order chi connectivity index (χ0) is 17.3. The number of pyridine rings is 1. The molecule has 1 saturated heterocycles. The molecule has 0 spiro atoms. The van der Waals surface area contributed by atoms with E-state index in [9.17, 15) is 8.42 Å². The first-order valence-electron chi connectivity index (χ1n) is 7.90. The molecule has 0 amide bonds. The Bertz CT molecular complexity index is 873. The highest BCUT2D eigenvalue weighted by molar-refractivity contribution is 7.91. The SMILES string of the molecule is CCN(Cn1nc(-c2cccnc2)n(C)c1=S)[C@@H]1CCS(=O)(=O)C1. The summed E-state index contributed by atoms with van der Waals surface area (Å²) in [5, 5.41) is 4.62. The first kappa shape index (κ1) is 17.2. The molecule has 3 heterocycles. The van der Waals surface area contributed by atoms with E-state index in [1.807, 2.05) is 30.7 Å². The van der Waals surface area contributed by atoms with Gasteiger partial charge in [-0.1, -0.05) is 6.92 Å². The molecule has 3 rings (SSSR count). The van der Waals surface area contributed by atoms with Crippen molar-refractivity contribution in [1.82, 2.24) is 24.2 Å². The molecular formula is C15H21N5O2S2. The Kier molecular flexibility index (Phi) is 4.84. The summed E-state index contributed by atoms with van der Waals surface area (Å²) >= 11 is 5.50. The van der Waals surface area contributed by atoms with Crippen molar-refractivity contribution >= 4 is 22.1 Å². The van der Waals surface area contributed by atoms with Gasteiger partial charge in [0.25, 0.3) is 0 Å². The summed E-state index contributed by atoms with van der Waals surface area (Å²) in [4.78, 5) is 6.25. The van der Waals surface area contributed by atoms with Gasteiger partial charge in [0.05, 0.1) is 18.2 Å². The maximum absolute atomic E-state index is 11.7. The Morgan fingerprint density at radius 3 is 2.83 bits per heavy atom. The minimum absolute atomic E-state index is 0.0331. The van der Waals surface area contributed by atoms with Crippen LogP contribution in [0.5, 0.6) is 0 Å². The Morgan fingerprint density at radius 2 is 2.25 bits per heavy atom. The smallest absolute Gasteiger partial charge is 0.199 e. The highest BCUT2D eigenvalue weighted by Crippen LogP contribution is 2.20. The maximum Gasteiger partial charge on any atom is 0.199 e. The second-order valence-electron chi connectivity index (χ2n) is 6.01. The minimum atomic E-state index is -2.91. The Morgan fingerprint density at radius 1 is 1.46 bits per heavy atom. The first-order chi connectivity index (χ1) is 11.4. The molecule has 1 fully saturated rings. The number of nitrogens with zero attached hydrogens (tertiary/aromatic N) is 5. The quantitative estimate of drug-likeness (QED) is 0.746. The highest BCUT2D eigenvalue weighted by atomic mass is 32.2. The molecule has 1 atom stereocenters. The van der Waals surface area contributed by atoms with Crippen LogP contribution in [0.25, 0.3) is 11.4 Å². The zero-order valence-electron chi connectivity index (χ0n) is 13.8. The van der Waals surface area contributed by atoms with Crippen LogP contribution in [0.1, 0.15) is 13.3 Å². The Labute approximate surface area is 146 Å². The van der Waals surface area contributed by atoms with E-state index in [0.29, 0.717) is 17.9 Å². The van der Waals surface area contributed by atoms with Gasteiger partial charge >= 0.3 is 0 Å². The molecule has 9 heteroatoms. The number of aromatic nitrogens is 4. The van der Waals surface area contributed by atoms with E-state index in [4.69, 9.17) is 12.2 Å². The molecule has 2 aromatic rings. The van der Waals surface area contributed by atoms with E-state index in [1.165, 1.54) is 0 Å². The lowest BCUT2D eigenvalue weighted by molar-refractivity contribution is 0.164. The van der Waals surface area contributed by atoms with Crippen LogP contribution >= 0.6 is 12.2 Å². The first-order valence-corrected chi connectivity index (χ1v) is 10.1. The van der Waals surface area contributed by atoms with Crippen LogP contribution < -0.4 is 0 Å². The summed E-state index contributed by atoms with van der Waals surface area (Å²) in [6.07, 6.45) is 4.14. The standard InChI is InChI=1S/C15H21N5O2S2/c1-3-19(13-6-8-24(21,22)10-13)11-20-15(23)18(2)14(17-20)12-5-4-7-16-9-12/h4-5,7,9,13H,3,6,8,10-11H2,1-2H3/t13-/m1/s1. The van der Waals surface area contributed by atoms with E-state index in [1.54, 1.807) is 17.1 Å². The van der Waals surface area contributed by atoms with Crippen molar-refractivity contribution in [1.29, 1.82) is 0 Å². The number of hydrogen-bond acceptors (Lipinski definition) is 6. The van der Waals surface area contributed by atoms with Crippen molar-refractivity contribution in [2.75, 3.05) is 18.1 Å². The Hall–Kier alpha value is -1.58. The lowest BCUT2D eigenvalue weighted by Crippen LogP contribution is -2.37. The van der Waals surface area contributed by atoms with Gasteiger partial charge in [0.15, 0.2) is 20.4 Å². The summed E-state index contributed by atoms with van der Waals surface area (Å²) in [7, 11) is -1.03. The summed E-state index contributed by atoms with van der Waals surface area (Å²) < 4.78 is 27.7. The van der Waals surface area contributed by atoms with Crippen molar-refractivity contribution < 1.29 is 8.42 Å². The predicted octanol–water partition coefficient (Wildman–Crippen LogP) is 1.48. The van der Waals surface area contributed by atoms with Crippen molar-refractivity contribution in [3.05, 3.63) is 29.3 Å². The fourth-order valence-corrected chi connectivity index (χ4v) is 4.98. The predicted molar refractivity (Wildman–Crippen MR) is 94.7 cm³/mol. The normalized spacial score (nSPS) is 19.9. The fraction of sp³-hybridized carbons (Fsp3) is 0.533. The third kappa shape index (κ3) is 3.42. The molecule has 0 aromatic carbocycles. The molecule has 0 aliphatic carbocycles. The topological polar surface area (TPSA) is 73.0 Å². The van der Waals surface area contributed by atoms with Crippen LogP contribution in [0.15, 0.2) is 24.5 Å². The molecular weight excluding hydrogens is 346 g/mol. The average molecular weight is 368 g/mol. The van der Waals surface area contributed by atoms with Gasteiger partial charge in [-0.3, -0.25) is 9.88 Å². The van der Waals surface area contributed by atoms with Crippen molar-refractivity contribution in [3.8, 4) is 11.4 Å². The van der Waals surface area contributed by atoms with E-state index >= 15 is 0 Å². The second kappa shape index (κ2) is 6.73. The van der Waals surface area contributed by atoms with Gasteiger partial charge in [0.1, 0.15) is 0 Å². The van der Waals surface area contributed by atoms with Crippen LogP contribution in [0.4, 0.5) is 0 Å². The molecule has 7 nitrogen and oxygen atoms in total. The molecule has 0 N–H and O–H groups in total. The van der Waals surface area contributed by atoms with Crippen LogP contribution in [0, 0.1) is 4.77 Å². The molecule has 0 radical (unpaired) electrons. The van der Waals surface area contributed by atoms with Crippen molar-refractivity contribution in [2.45, 2.75) is 26.1 Å². The molecule has 130 valence electrons. The van der Waals surface area contributed by atoms with Crippen LogP contribution in [-0.4, -0.2) is 56.7 Å². The van der Waals surface area contributed by atoms with Gasteiger partial charge in [-0.2, -0.15) is 5.10 Å². The summed E-state index contributed by atoms with van der Waals surface area (Å²) in [5.41, 5.74) is 0.899. The number of rotatable bonds is 5. The fourth-order valence-electron chi connectivity index (χ4n) is 3.04. The second-order valence-corrected chi connectivity index (χ2v) is 8.60. The largest absolute Gasteiger partial charge is 0.303 e. The number of hydrogen-bond donors (Lipinski definition) is 0. The monoisotopic (exact) mass is 367 g/mol. The molecule has 1 aliphatic rings. The summed E-state index contributed by atoms with van der Waals surface area (Å²) in [6, 6.07) is 3.83. The molecule has 0 unspecified atom stereocenters. The van der Waals surface area contributed by atoms with Crippen LogP contribution in [-0.2, 0) is 23.6 Å². The van der Waals surface area contributed by atoms with Gasteiger partial charge in [0.2, 0.25) is 0 Å². The third-order valence-electron chi connectivity index (χ3n) is 4.41. The average Bonchev–Trinajstić information content (AvgIpc) is 3.07. The highest BCUT2D eigenvalue weighted by Gasteiger charge is 2.32. The van der Waals surface area contributed by atoms with Gasteiger partial charge in [-0.15, -0.1) is 0 Å². The summed E-state index contributed by atoms with van der Waals surface area (Å²) in [5.74, 6) is 1.24. The lowest BCUT2D eigenvalue weighted by Gasteiger charge is -2.25. The third-order valence-corrected chi connectivity index (χ3v) is 6.64. The molecule has 0 bridgehead atoms. The maximum atomic E-state index is 11.7. The number of sulfone groups is 1. The van der Waals surface area contributed by atoms with E-state index < -0.39 is 9.84 Å². The van der Waals surface area contributed by atoms with Crippen LogP contribution in [0.2, 0.25) is 0 Å². The molecule has 1 aliphatic heterocycles. The van der Waals surface area contributed by atoms with Crippen molar-refractivity contribution in [3.63, 3.8) is 0 Å². The van der Waals surface area contributed by atoms with E-state index in [2.05, 4.69) is 15.0 Å². The van der Waals surface area contributed by atoms with E-state index in [-0.39, 0.29) is 17.5 Å². The zero-order valence-corrected chi connectivity index (χ0v) is 15.4. The van der Waals surface area contributed by atoms with Gasteiger partial charge in [0, 0.05) is 31.0 Å². The van der Waals surface area contributed by atoms with Crippen LogP contribution in [0.3, 0.4) is 0 Å². The molecule has 0 saturated carbocycles. The molecule has 2 aromatic heterocycles. The lowest BCUT2D eigenvalue weighted by atomic mass is 10.2. The van der Waals surface area contributed by atoms with Crippen molar-refractivity contribution in [2.24, 2.45) is 7.05 Å². The van der Waals surface area contributed by atoms with E-state index in [0.717, 1.165) is 17.9 Å². The molecule has 24 heavy (non-hydrogen) atoms.